The van der Waals surface area contributed by atoms with Gasteiger partial charge in [0.1, 0.15) is 0 Å². The molecule has 1 fully saturated rings. The van der Waals surface area contributed by atoms with E-state index in [1.54, 1.807) is 24.1 Å². The van der Waals surface area contributed by atoms with E-state index in [0.29, 0.717) is 6.54 Å². The van der Waals surface area contributed by atoms with Crippen molar-refractivity contribution in [1.82, 2.24) is 9.62 Å². The van der Waals surface area contributed by atoms with Crippen molar-refractivity contribution in [1.29, 1.82) is 0 Å². The molecule has 1 saturated heterocycles. The number of likely N-dealkylation sites (N-methyl/N-ethyl adjacent to an activating group) is 1. The Balaban J connectivity index is 1.78. The van der Waals surface area contributed by atoms with Crippen LogP contribution in [0.5, 0.6) is 0 Å². The van der Waals surface area contributed by atoms with E-state index in [1.807, 2.05) is 0 Å². The molecule has 6 nitrogen and oxygen atoms in total. The molecule has 0 bridgehead atoms. The second-order valence-electron chi connectivity index (χ2n) is 5.51. The maximum atomic E-state index is 12.1. The molecule has 0 aromatic heterocycles. The standard InChI is InChI=1S/C15H21BrN2O4S/c1-18(11-13-3-2-10-22-13)15(19)8-9-17-23(20,21)14-6-4-12(16)5-7-14/h4-7,13,17H,2-3,8-11H2,1H3. The minimum absolute atomic E-state index is 0.0765. The molecule has 1 heterocycles. The summed E-state index contributed by atoms with van der Waals surface area (Å²) >= 11 is 3.26. The number of hydrogen-bond donors (Lipinski definition) is 1. The Morgan fingerprint density at radius 3 is 2.70 bits per heavy atom. The summed E-state index contributed by atoms with van der Waals surface area (Å²) in [6, 6.07) is 6.35. The van der Waals surface area contributed by atoms with E-state index >= 15 is 0 Å². The zero-order chi connectivity index (χ0) is 16.9. The van der Waals surface area contributed by atoms with Crippen LogP contribution in [0.4, 0.5) is 0 Å². The Morgan fingerprint density at radius 1 is 1.39 bits per heavy atom. The van der Waals surface area contributed by atoms with Crippen molar-refractivity contribution in [2.45, 2.75) is 30.3 Å². The van der Waals surface area contributed by atoms with Gasteiger partial charge < -0.3 is 9.64 Å². The average molecular weight is 405 g/mol. The van der Waals surface area contributed by atoms with Gasteiger partial charge in [0.2, 0.25) is 15.9 Å². The van der Waals surface area contributed by atoms with Crippen molar-refractivity contribution in [2.24, 2.45) is 0 Å². The van der Waals surface area contributed by atoms with Crippen molar-refractivity contribution < 1.29 is 17.9 Å². The molecule has 1 aromatic rings. The minimum atomic E-state index is -3.59. The first-order valence-electron chi connectivity index (χ1n) is 7.49. The molecule has 2 rings (SSSR count). The maximum absolute atomic E-state index is 12.1. The summed E-state index contributed by atoms with van der Waals surface area (Å²) in [5.41, 5.74) is 0. The highest BCUT2D eigenvalue weighted by Crippen LogP contribution is 2.15. The molecular weight excluding hydrogens is 384 g/mol. The molecule has 1 unspecified atom stereocenters. The van der Waals surface area contributed by atoms with Crippen molar-refractivity contribution in [2.75, 3.05) is 26.7 Å². The number of ether oxygens (including phenoxy) is 1. The number of halogens is 1. The minimum Gasteiger partial charge on any atom is -0.376 e. The first-order chi connectivity index (χ1) is 10.9. The topological polar surface area (TPSA) is 75.7 Å². The highest BCUT2D eigenvalue weighted by atomic mass is 79.9. The van der Waals surface area contributed by atoms with Gasteiger partial charge in [-0.05, 0) is 37.1 Å². The summed E-state index contributed by atoms with van der Waals surface area (Å²) in [4.78, 5) is 13.8. The van der Waals surface area contributed by atoms with Crippen molar-refractivity contribution in [3.8, 4) is 0 Å². The Hall–Kier alpha value is -0.960. The molecule has 1 aromatic carbocycles. The number of benzene rings is 1. The summed E-state index contributed by atoms with van der Waals surface area (Å²) in [5.74, 6) is -0.0981. The van der Waals surface area contributed by atoms with Gasteiger partial charge in [-0.1, -0.05) is 15.9 Å². The molecule has 0 radical (unpaired) electrons. The first kappa shape index (κ1) is 18.4. The normalized spacial score (nSPS) is 18.1. The fourth-order valence-electron chi connectivity index (χ4n) is 2.38. The Kier molecular flexibility index (Phi) is 6.58. The number of nitrogens with zero attached hydrogens (tertiary/aromatic N) is 1. The number of hydrogen-bond acceptors (Lipinski definition) is 4. The lowest BCUT2D eigenvalue weighted by molar-refractivity contribution is -0.131. The van der Waals surface area contributed by atoms with E-state index < -0.39 is 10.0 Å². The van der Waals surface area contributed by atoms with Crippen LogP contribution in [0.1, 0.15) is 19.3 Å². The fraction of sp³-hybridized carbons (Fsp3) is 0.533. The first-order valence-corrected chi connectivity index (χ1v) is 9.77. The van der Waals surface area contributed by atoms with Gasteiger partial charge in [-0.25, -0.2) is 13.1 Å². The van der Waals surface area contributed by atoms with Gasteiger partial charge >= 0.3 is 0 Å². The lowest BCUT2D eigenvalue weighted by atomic mass is 10.2. The number of carbonyl (C=O) groups excluding carboxylic acids is 1. The summed E-state index contributed by atoms with van der Waals surface area (Å²) in [5, 5.41) is 0. The molecule has 0 aliphatic carbocycles. The predicted octanol–water partition coefficient (Wildman–Crippen LogP) is 1.75. The molecule has 8 heteroatoms. The van der Waals surface area contributed by atoms with Gasteiger partial charge in [0, 0.05) is 37.6 Å². The van der Waals surface area contributed by atoms with Crippen LogP contribution in [0.3, 0.4) is 0 Å². The quantitative estimate of drug-likeness (QED) is 0.750. The summed E-state index contributed by atoms with van der Waals surface area (Å²) < 4.78 is 33.0. The molecule has 0 spiro atoms. The van der Waals surface area contributed by atoms with E-state index in [0.717, 1.165) is 23.9 Å². The molecular formula is C15H21BrN2O4S. The monoisotopic (exact) mass is 404 g/mol. The zero-order valence-corrected chi connectivity index (χ0v) is 15.4. The van der Waals surface area contributed by atoms with Crippen LogP contribution < -0.4 is 4.72 Å². The van der Waals surface area contributed by atoms with Crippen molar-refractivity contribution in [3.05, 3.63) is 28.7 Å². The number of nitrogens with one attached hydrogen (secondary N) is 1. The second kappa shape index (κ2) is 8.23. The second-order valence-corrected chi connectivity index (χ2v) is 8.19. The van der Waals surface area contributed by atoms with Gasteiger partial charge in [0.05, 0.1) is 11.0 Å². The smallest absolute Gasteiger partial charge is 0.240 e. The van der Waals surface area contributed by atoms with Crippen molar-refractivity contribution >= 4 is 31.9 Å². The van der Waals surface area contributed by atoms with Crippen LogP contribution >= 0.6 is 15.9 Å². The molecule has 23 heavy (non-hydrogen) atoms. The van der Waals surface area contributed by atoms with Gasteiger partial charge in [0.15, 0.2) is 0 Å². The SMILES string of the molecule is CN(CC1CCCO1)C(=O)CCNS(=O)(=O)c1ccc(Br)cc1. The Bertz CT molecular complexity index is 627. The molecule has 1 amide bonds. The molecule has 1 aliphatic heterocycles. The number of amides is 1. The van der Waals surface area contributed by atoms with Gasteiger partial charge in [-0.15, -0.1) is 0 Å². The molecule has 0 saturated carbocycles. The molecule has 1 atom stereocenters. The molecule has 128 valence electrons. The highest BCUT2D eigenvalue weighted by molar-refractivity contribution is 9.10. The van der Waals surface area contributed by atoms with Crippen molar-refractivity contribution in [3.63, 3.8) is 0 Å². The summed E-state index contributed by atoms with van der Waals surface area (Å²) in [6.45, 7) is 1.38. The number of rotatable bonds is 7. The lowest BCUT2D eigenvalue weighted by Gasteiger charge is -2.20. The average Bonchev–Trinajstić information content (AvgIpc) is 3.00. The van der Waals surface area contributed by atoms with E-state index in [2.05, 4.69) is 20.7 Å². The van der Waals surface area contributed by atoms with Crippen LogP contribution in [0, 0.1) is 0 Å². The van der Waals surface area contributed by atoms with Crippen LogP contribution in [0.2, 0.25) is 0 Å². The van der Waals surface area contributed by atoms with Crippen LogP contribution in [-0.2, 0) is 19.6 Å². The summed E-state index contributed by atoms with van der Waals surface area (Å²) in [6.07, 6.45) is 2.22. The molecule has 1 aliphatic rings. The largest absolute Gasteiger partial charge is 0.376 e. The molecule has 1 N–H and O–H groups in total. The lowest BCUT2D eigenvalue weighted by Crippen LogP contribution is -2.36. The third kappa shape index (κ3) is 5.56. The van der Waals surface area contributed by atoms with Crippen LogP contribution in [0.15, 0.2) is 33.6 Å². The zero-order valence-electron chi connectivity index (χ0n) is 13.0. The fourth-order valence-corrected chi connectivity index (χ4v) is 3.67. The van der Waals surface area contributed by atoms with Crippen LogP contribution in [-0.4, -0.2) is 52.1 Å². The number of carbonyl (C=O) groups is 1. The maximum Gasteiger partial charge on any atom is 0.240 e. The summed E-state index contributed by atoms with van der Waals surface area (Å²) in [7, 11) is -1.87. The Morgan fingerprint density at radius 2 is 2.09 bits per heavy atom. The van der Waals surface area contributed by atoms with E-state index in [9.17, 15) is 13.2 Å². The van der Waals surface area contributed by atoms with Gasteiger partial charge in [0.25, 0.3) is 0 Å². The highest BCUT2D eigenvalue weighted by Gasteiger charge is 2.20. The van der Waals surface area contributed by atoms with E-state index in [1.165, 1.54) is 12.1 Å². The third-order valence-electron chi connectivity index (χ3n) is 3.68. The van der Waals surface area contributed by atoms with E-state index in [4.69, 9.17) is 4.74 Å². The van der Waals surface area contributed by atoms with Gasteiger partial charge in [-0.2, -0.15) is 0 Å². The van der Waals surface area contributed by atoms with Crippen LogP contribution in [0.25, 0.3) is 0 Å². The van der Waals surface area contributed by atoms with E-state index in [-0.39, 0.29) is 29.9 Å². The third-order valence-corrected chi connectivity index (χ3v) is 5.69. The predicted molar refractivity (Wildman–Crippen MR) is 90.6 cm³/mol. The Labute approximate surface area is 145 Å². The number of sulfonamides is 1. The van der Waals surface area contributed by atoms with Gasteiger partial charge in [-0.3, -0.25) is 4.79 Å².